The number of hydrogen-bond donors (Lipinski definition) is 2. The molecule has 1 aliphatic rings. The fourth-order valence-electron chi connectivity index (χ4n) is 2.81. The molecular formula is C18H39N5. The lowest BCUT2D eigenvalue weighted by Crippen LogP contribution is -2.45. The summed E-state index contributed by atoms with van der Waals surface area (Å²) in [5.74, 6) is 0.929. The van der Waals surface area contributed by atoms with Gasteiger partial charge < -0.3 is 20.4 Å². The van der Waals surface area contributed by atoms with E-state index in [-0.39, 0.29) is 0 Å². The van der Waals surface area contributed by atoms with Crippen LogP contribution in [-0.2, 0) is 0 Å². The zero-order chi connectivity index (χ0) is 17.3. The molecule has 136 valence electrons. The van der Waals surface area contributed by atoms with Gasteiger partial charge in [-0.15, -0.1) is 0 Å². The fourth-order valence-corrected chi connectivity index (χ4v) is 2.81. The van der Waals surface area contributed by atoms with E-state index in [1.165, 1.54) is 45.4 Å². The molecule has 0 aromatic heterocycles. The Hall–Kier alpha value is -0.810. The van der Waals surface area contributed by atoms with Crippen LogP contribution in [0.5, 0.6) is 0 Å². The molecule has 0 amide bonds. The van der Waals surface area contributed by atoms with Crippen LogP contribution in [0.15, 0.2) is 4.99 Å². The summed E-state index contributed by atoms with van der Waals surface area (Å²) in [5.41, 5.74) is 0.396. The van der Waals surface area contributed by atoms with Crippen LogP contribution in [0.4, 0.5) is 0 Å². The molecule has 0 radical (unpaired) electrons. The molecule has 1 saturated heterocycles. The molecule has 1 rings (SSSR count). The van der Waals surface area contributed by atoms with Gasteiger partial charge in [-0.3, -0.25) is 4.99 Å². The van der Waals surface area contributed by atoms with Crippen LogP contribution >= 0.6 is 0 Å². The first-order chi connectivity index (χ1) is 10.8. The molecule has 2 N–H and O–H groups in total. The van der Waals surface area contributed by atoms with Gasteiger partial charge in [0, 0.05) is 39.3 Å². The average molecular weight is 326 g/mol. The van der Waals surface area contributed by atoms with E-state index >= 15 is 0 Å². The number of nitrogens with one attached hydrogen (secondary N) is 2. The van der Waals surface area contributed by atoms with Crippen LogP contribution in [0.1, 0.15) is 47.0 Å². The van der Waals surface area contributed by atoms with Gasteiger partial charge in [-0.05, 0) is 51.7 Å². The molecular weight excluding hydrogens is 286 g/mol. The van der Waals surface area contributed by atoms with E-state index in [0.29, 0.717) is 11.5 Å². The molecule has 0 spiro atoms. The van der Waals surface area contributed by atoms with Gasteiger partial charge in [-0.25, -0.2) is 0 Å². The average Bonchev–Trinajstić information content (AvgIpc) is 2.68. The Morgan fingerprint density at radius 1 is 1.17 bits per heavy atom. The van der Waals surface area contributed by atoms with E-state index in [9.17, 15) is 0 Å². The molecule has 1 atom stereocenters. The number of aliphatic imine (C=N–C) groups is 1. The molecule has 0 aromatic carbocycles. The number of hydrogen-bond acceptors (Lipinski definition) is 3. The third-order valence-electron chi connectivity index (χ3n) is 4.47. The Kier molecular flexibility index (Phi) is 8.92. The Balaban J connectivity index is 2.23. The normalized spacial score (nSPS) is 20.2. The summed E-state index contributed by atoms with van der Waals surface area (Å²) in [4.78, 5) is 9.32. The Morgan fingerprint density at radius 2 is 1.91 bits per heavy atom. The highest BCUT2D eigenvalue weighted by Crippen LogP contribution is 2.21. The highest BCUT2D eigenvalue weighted by Gasteiger charge is 2.14. The summed E-state index contributed by atoms with van der Waals surface area (Å²) in [6.07, 6.45) is 3.66. The molecule has 0 bridgehead atoms. The van der Waals surface area contributed by atoms with Crippen molar-refractivity contribution in [1.29, 1.82) is 0 Å². The lowest BCUT2D eigenvalue weighted by Gasteiger charge is -2.24. The van der Waals surface area contributed by atoms with Crippen LogP contribution in [0.2, 0.25) is 0 Å². The van der Waals surface area contributed by atoms with Crippen molar-refractivity contribution in [2.45, 2.75) is 53.0 Å². The summed E-state index contributed by atoms with van der Waals surface area (Å²) >= 11 is 0. The molecule has 0 aliphatic carbocycles. The molecule has 1 heterocycles. The largest absolute Gasteiger partial charge is 0.355 e. The maximum Gasteiger partial charge on any atom is 0.191 e. The predicted octanol–water partition coefficient (Wildman–Crippen LogP) is 2.00. The van der Waals surface area contributed by atoms with Crippen molar-refractivity contribution in [3.8, 4) is 0 Å². The predicted molar refractivity (Wildman–Crippen MR) is 101 cm³/mol. The summed E-state index contributed by atoms with van der Waals surface area (Å²) in [6.45, 7) is 16.0. The van der Waals surface area contributed by atoms with Crippen molar-refractivity contribution in [1.82, 2.24) is 20.4 Å². The molecule has 5 heteroatoms. The van der Waals surface area contributed by atoms with E-state index in [2.05, 4.69) is 60.2 Å². The van der Waals surface area contributed by atoms with Gasteiger partial charge in [0.15, 0.2) is 5.96 Å². The number of guanidine groups is 1. The number of nitrogens with zero attached hydrogens (tertiary/aromatic N) is 3. The Labute approximate surface area is 143 Å². The van der Waals surface area contributed by atoms with Crippen LogP contribution in [0.3, 0.4) is 0 Å². The van der Waals surface area contributed by atoms with Crippen molar-refractivity contribution in [3.63, 3.8) is 0 Å². The van der Waals surface area contributed by atoms with Gasteiger partial charge >= 0.3 is 0 Å². The third-order valence-corrected chi connectivity index (χ3v) is 4.47. The minimum atomic E-state index is 0.396. The maximum absolute atomic E-state index is 4.35. The second-order valence-corrected chi connectivity index (χ2v) is 8.14. The first-order valence-electron chi connectivity index (χ1n) is 9.18. The van der Waals surface area contributed by atoms with Crippen molar-refractivity contribution in [2.24, 2.45) is 10.4 Å². The fraction of sp³-hybridized carbons (Fsp3) is 0.944. The van der Waals surface area contributed by atoms with Crippen molar-refractivity contribution >= 4 is 5.96 Å². The number of likely N-dealkylation sites (N-methyl/N-ethyl adjacent to an activating group) is 1. The second kappa shape index (κ2) is 10.1. The minimum absolute atomic E-state index is 0.396. The smallest absolute Gasteiger partial charge is 0.191 e. The lowest BCUT2D eigenvalue weighted by atomic mass is 9.89. The highest BCUT2D eigenvalue weighted by molar-refractivity contribution is 5.79. The second-order valence-electron chi connectivity index (χ2n) is 8.14. The summed E-state index contributed by atoms with van der Waals surface area (Å²) < 4.78 is 0. The molecule has 1 fully saturated rings. The summed E-state index contributed by atoms with van der Waals surface area (Å²) in [7, 11) is 4.07. The van der Waals surface area contributed by atoms with Gasteiger partial charge in [0.2, 0.25) is 0 Å². The lowest BCUT2D eigenvalue weighted by molar-refractivity contribution is 0.279. The monoisotopic (exact) mass is 325 g/mol. The summed E-state index contributed by atoms with van der Waals surface area (Å²) in [5, 5.41) is 6.97. The standard InChI is InChI=1S/C18H39N5/c1-16(8-9-18(2,3)4)21-17(19-5)20-10-13-23-12-7-11-22(6)14-15-23/h16H,7-15H2,1-6H3,(H2,19,20,21). The third kappa shape index (κ3) is 9.82. The van der Waals surface area contributed by atoms with Gasteiger partial charge in [-0.2, -0.15) is 0 Å². The molecule has 0 saturated carbocycles. The van der Waals surface area contributed by atoms with E-state index < -0.39 is 0 Å². The maximum atomic E-state index is 4.35. The molecule has 0 aromatic rings. The first kappa shape index (κ1) is 20.2. The van der Waals surface area contributed by atoms with Crippen molar-refractivity contribution in [2.75, 3.05) is 53.4 Å². The molecule has 1 aliphatic heterocycles. The zero-order valence-electron chi connectivity index (χ0n) is 16.3. The van der Waals surface area contributed by atoms with Gasteiger partial charge in [-0.1, -0.05) is 20.8 Å². The zero-order valence-corrected chi connectivity index (χ0v) is 16.3. The van der Waals surface area contributed by atoms with Gasteiger partial charge in [0.25, 0.3) is 0 Å². The summed E-state index contributed by atoms with van der Waals surface area (Å²) in [6, 6.07) is 0.451. The van der Waals surface area contributed by atoms with E-state index in [4.69, 9.17) is 0 Å². The number of rotatable bonds is 6. The molecule has 23 heavy (non-hydrogen) atoms. The van der Waals surface area contributed by atoms with Crippen LogP contribution in [-0.4, -0.2) is 75.2 Å². The van der Waals surface area contributed by atoms with Crippen molar-refractivity contribution < 1.29 is 0 Å². The quantitative estimate of drug-likeness (QED) is 0.579. The Morgan fingerprint density at radius 3 is 2.57 bits per heavy atom. The molecule has 1 unspecified atom stereocenters. The van der Waals surface area contributed by atoms with Gasteiger partial charge in [0.1, 0.15) is 0 Å². The Bertz CT molecular complexity index is 348. The minimum Gasteiger partial charge on any atom is -0.355 e. The highest BCUT2D eigenvalue weighted by atomic mass is 15.2. The van der Waals surface area contributed by atoms with Crippen LogP contribution in [0, 0.1) is 5.41 Å². The topological polar surface area (TPSA) is 42.9 Å². The van der Waals surface area contributed by atoms with Crippen molar-refractivity contribution in [3.05, 3.63) is 0 Å². The van der Waals surface area contributed by atoms with E-state index in [1.807, 2.05) is 7.05 Å². The van der Waals surface area contributed by atoms with Gasteiger partial charge in [0.05, 0.1) is 0 Å². The molecule has 5 nitrogen and oxygen atoms in total. The SMILES string of the molecule is CN=C(NCCN1CCCN(C)CC1)NC(C)CCC(C)(C)C. The van der Waals surface area contributed by atoms with E-state index in [1.54, 1.807) is 0 Å². The van der Waals surface area contributed by atoms with Crippen LogP contribution in [0.25, 0.3) is 0 Å². The first-order valence-corrected chi connectivity index (χ1v) is 9.18. The van der Waals surface area contributed by atoms with Crippen LogP contribution < -0.4 is 10.6 Å². The van der Waals surface area contributed by atoms with E-state index in [0.717, 1.165) is 19.0 Å².